The molecule has 0 aliphatic heterocycles. The molecule has 0 aliphatic rings. The normalized spacial score (nSPS) is 12.8. The summed E-state index contributed by atoms with van der Waals surface area (Å²) in [5.74, 6) is -1.80. The van der Waals surface area contributed by atoms with Crippen LogP contribution in [-0.4, -0.2) is 48.7 Å². The van der Waals surface area contributed by atoms with Crippen LogP contribution in [0.4, 0.5) is 4.79 Å². The van der Waals surface area contributed by atoms with E-state index in [1.165, 1.54) is 14.0 Å². The number of benzene rings is 1. The number of alkyl carbamates (subject to hydrolysis) is 1. The first-order valence-electron chi connectivity index (χ1n) is 9.59. The average molecular weight is 422 g/mol. The number of carbonyl (C=O) groups excluding carboxylic acids is 4. The molecule has 1 aromatic rings. The summed E-state index contributed by atoms with van der Waals surface area (Å²) in [6.45, 7) is 6.65. The van der Waals surface area contributed by atoms with Gasteiger partial charge in [0.25, 0.3) is 0 Å². The number of carbonyl (C=O) groups is 4. The van der Waals surface area contributed by atoms with Crippen molar-refractivity contribution >= 4 is 23.9 Å². The van der Waals surface area contributed by atoms with Crippen molar-refractivity contribution in [3.63, 3.8) is 0 Å². The predicted octanol–water partition coefficient (Wildman–Crippen LogP) is 2.08. The monoisotopic (exact) mass is 422 g/mol. The van der Waals surface area contributed by atoms with E-state index in [1.54, 1.807) is 32.9 Å². The van der Waals surface area contributed by atoms with E-state index in [-0.39, 0.29) is 19.4 Å². The molecule has 30 heavy (non-hydrogen) atoms. The van der Waals surface area contributed by atoms with Crippen LogP contribution in [0.25, 0.3) is 0 Å². The van der Waals surface area contributed by atoms with Crippen LogP contribution in [0.2, 0.25) is 0 Å². The third-order valence-corrected chi connectivity index (χ3v) is 3.79. The Balaban J connectivity index is 2.72. The molecular weight excluding hydrogens is 392 g/mol. The Labute approximate surface area is 176 Å². The molecule has 2 atom stereocenters. The van der Waals surface area contributed by atoms with E-state index < -0.39 is 41.6 Å². The summed E-state index contributed by atoms with van der Waals surface area (Å²) in [6.07, 6.45) is -0.968. The van der Waals surface area contributed by atoms with Gasteiger partial charge in [-0.05, 0) is 39.7 Å². The van der Waals surface area contributed by atoms with E-state index in [0.717, 1.165) is 5.56 Å². The third-order valence-electron chi connectivity index (χ3n) is 3.79. The molecule has 9 nitrogen and oxygen atoms in total. The zero-order valence-corrected chi connectivity index (χ0v) is 18.0. The maximum atomic E-state index is 12.5. The van der Waals surface area contributed by atoms with Crippen molar-refractivity contribution in [1.82, 2.24) is 10.6 Å². The van der Waals surface area contributed by atoms with Gasteiger partial charge in [-0.2, -0.15) is 0 Å². The van der Waals surface area contributed by atoms with Gasteiger partial charge < -0.3 is 24.8 Å². The molecule has 2 N–H and O–H groups in total. The first-order valence-corrected chi connectivity index (χ1v) is 9.59. The van der Waals surface area contributed by atoms with E-state index in [4.69, 9.17) is 9.47 Å². The number of esters is 2. The number of hydrogen-bond acceptors (Lipinski definition) is 7. The maximum absolute atomic E-state index is 12.5. The molecule has 0 aliphatic carbocycles. The Morgan fingerprint density at radius 3 is 2.23 bits per heavy atom. The molecule has 0 heterocycles. The highest BCUT2D eigenvalue weighted by Gasteiger charge is 2.27. The Morgan fingerprint density at radius 1 is 1.03 bits per heavy atom. The van der Waals surface area contributed by atoms with Crippen molar-refractivity contribution in [3.05, 3.63) is 35.9 Å². The molecule has 0 aromatic heterocycles. The number of hydrogen-bond donors (Lipinski definition) is 2. The molecule has 0 fully saturated rings. The lowest BCUT2D eigenvalue weighted by Gasteiger charge is -2.22. The van der Waals surface area contributed by atoms with Gasteiger partial charge >= 0.3 is 18.0 Å². The van der Waals surface area contributed by atoms with Gasteiger partial charge in [0.1, 0.15) is 24.3 Å². The fourth-order valence-electron chi connectivity index (χ4n) is 2.38. The van der Waals surface area contributed by atoms with Gasteiger partial charge in [0, 0.05) is 6.42 Å². The minimum absolute atomic E-state index is 0.0195. The van der Waals surface area contributed by atoms with Gasteiger partial charge in [-0.15, -0.1) is 0 Å². The van der Waals surface area contributed by atoms with Crippen molar-refractivity contribution in [2.24, 2.45) is 0 Å². The lowest BCUT2D eigenvalue weighted by Crippen LogP contribution is -2.51. The van der Waals surface area contributed by atoms with Crippen molar-refractivity contribution in [1.29, 1.82) is 0 Å². The fourth-order valence-corrected chi connectivity index (χ4v) is 2.38. The van der Waals surface area contributed by atoms with E-state index in [1.807, 2.05) is 18.2 Å². The molecular formula is C21H30N2O7. The molecule has 0 bridgehead atoms. The highest BCUT2D eigenvalue weighted by atomic mass is 16.6. The largest absolute Gasteiger partial charge is 0.467 e. The standard InChI is InChI=1S/C21H30N2O7/c1-14(19(26)28-5)22-18(25)16(11-12-17(24)30-21(2,3)4)23-20(27)29-13-15-9-7-6-8-10-15/h6-10,14,16H,11-13H2,1-5H3,(H,22,25)(H,23,27)/t14-,16-/m0/s1. The lowest BCUT2D eigenvalue weighted by molar-refractivity contribution is -0.155. The van der Waals surface area contributed by atoms with Crippen molar-refractivity contribution < 1.29 is 33.4 Å². The smallest absolute Gasteiger partial charge is 0.408 e. The molecule has 0 unspecified atom stereocenters. The molecule has 1 aromatic carbocycles. The number of nitrogens with one attached hydrogen (secondary N) is 2. The topological polar surface area (TPSA) is 120 Å². The second kappa shape index (κ2) is 11.8. The van der Waals surface area contributed by atoms with Crippen LogP contribution in [0.15, 0.2) is 30.3 Å². The zero-order valence-electron chi connectivity index (χ0n) is 18.0. The van der Waals surface area contributed by atoms with Crippen molar-refractivity contribution in [3.8, 4) is 0 Å². The second-order valence-electron chi connectivity index (χ2n) is 7.64. The highest BCUT2D eigenvalue weighted by molar-refractivity contribution is 5.89. The molecule has 0 saturated heterocycles. The van der Waals surface area contributed by atoms with Crippen molar-refractivity contribution in [2.75, 3.05) is 7.11 Å². The van der Waals surface area contributed by atoms with E-state index in [9.17, 15) is 19.2 Å². The molecule has 0 radical (unpaired) electrons. The number of amides is 2. The van der Waals surface area contributed by atoms with Gasteiger partial charge in [0.05, 0.1) is 7.11 Å². The minimum atomic E-state index is -1.10. The molecule has 1 rings (SSSR count). The van der Waals surface area contributed by atoms with Gasteiger partial charge in [0.2, 0.25) is 5.91 Å². The third kappa shape index (κ3) is 9.90. The van der Waals surface area contributed by atoms with E-state index >= 15 is 0 Å². The summed E-state index contributed by atoms with van der Waals surface area (Å²) in [5, 5.41) is 4.88. The summed E-state index contributed by atoms with van der Waals surface area (Å²) in [6, 6.07) is 7.00. The maximum Gasteiger partial charge on any atom is 0.408 e. The van der Waals surface area contributed by atoms with Gasteiger partial charge in [-0.25, -0.2) is 9.59 Å². The zero-order chi connectivity index (χ0) is 22.7. The van der Waals surface area contributed by atoms with E-state index in [0.29, 0.717) is 0 Å². The number of ether oxygens (including phenoxy) is 3. The first-order chi connectivity index (χ1) is 14.0. The first kappa shape index (κ1) is 24.9. The minimum Gasteiger partial charge on any atom is -0.467 e. The van der Waals surface area contributed by atoms with Crippen molar-refractivity contribution in [2.45, 2.75) is 64.8 Å². The summed E-state index contributed by atoms with van der Waals surface area (Å²) in [5.41, 5.74) is 0.109. The van der Waals surface area contributed by atoms with Gasteiger partial charge in [0.15, 0.2) is 0 Å². The van der Waals surface area contributed by atoms with Crippen LogP contribution in [0.3, 0.4) is 0 Å². The Kier molecular flexibility index (Phi) is 9.80. The van der Waals surface area contributed by atoms with Gasteiger partial charge in [-0.1, -0.05) is 30.3 Å². The average Bonchev–Trinajstić information content (AvgIpc) is 2.68. The summed E-state index contributed by atoms with van der Waals surface area (Å²) in [7, 11) is 1.20. The summed E-state index contributed by atoms with van der Waals surface area (Å²) in [4.78, 5) is 48.2. The Hall–Kier alpha value is -3.10. The lowest BCUT2D eigenvalue weighted by atomic mass is 10.1. The van der Waals surface area contributed by atoms with Crippen LogP contribution in [0.5, 0.6) is 0 Å². The SMILES string of the molecule is COC(=O)[C@H](C)NC(=O)[C@H](CCC(=O)OC(C)(C)C)NC(=O)OCc1ccccc1. The molecule has 0 saturated carbocycles. The Bertz CT molecular complexity index is 729. The van der Waals surface area contributed by atoms with E-state index in [2.05, 4.69) is 15.4 Å². The molecule has 0 spiro atoms. The molecule has 166 valence electrons. The number of rotatable bonds is 9. The van der Waals surface area contributed by atoms with Crippen LogP contribution >= 0.6 is 0 Å². The predicted molar refractivity (Wildman–Crippen MR) is 108 cm³/mol. The quantitative estimate of drug-likeness (QED) is 0.462. The Morgan fingerprint density at radius 2 is 1.67 bits per heavy atom. The second-order valence-corrected chi connectivity index (χ2v) is 7.64. The summed E-state index contributed by atoms with van der Waals surface area (Å²) < 4.78 is 14.9. The van der Waals surface area contributed by atoms with Gasteiger partial charge in [-0.3, -0.25) is 9.59 Å². The molecule has 2 amide bonds. The molecule has 9 heteroatoms. The van der Waals surface area contributed by atoms with Crippen LogP contribution in [0.1, 0.15) is 46.1 Å². The fraction of sp³-hybridized carbons (Fsp3) is 0.524. The summed E-state index contributed by atoms with van der Waals surface area (Å²) >= 11 is 0. The number of methoxy groups -OCH3 is 1. The van der Waals surface area contributed by atoms with Crippen LogP contribution in [-0.2, 0) is 35.2 Å². The van der Waals surface area contributed by atoms with Crippen LogP contribution in [0, 0.1) is 0 Å². The van der Waals surface area contributed by atoms with Crippen LogP contribution < -0.4 is 10.6 Å². The highest BCUT2D eigenvalue weighted by Crippen LogP contribution is 2.11.